The van der Waals surface area contributed by atoms with E-state index in [0.29, 0.717) is 75.1 Å². The van der Waals surface area contributed by atoms with E-state index in [9.17, 15) is 27.5 Å². The van der Waals surface area contributed by atoms with Crippen molar-refractivity contribution in [2.24, 2.45) is 5.92 Å². The van der Waals surface area contributed by atoms with Gasteiger partial charge < -0.3 is 19.8 Å². The van der Waals surface area contributed by atoms with E-state index in [1.54, 1.807) is 17.0 Å². The minimum Gasteiger partial charge on any atom is -0.481 e. The highest BCUT2D eigenvalue weighted by atomic mass is 35.5. The maximum absolute atomic E-state index is 13.8. The fourth-order valence-electron chi connectivity index (χ4n) is 4.87. The zero-order chi connectivity index (χ0) is 27.7. The summed E-state index contributed by atoms with van der Waals surface area (Å²) >= 11 is 6.02. The molecular weight excluding hydrogens is 540 g/mol. The van der Waals surface area contributed by atoms with Crippen LogP contribution in [0.1, 0.15) is 18.4 Å². The maximum Gasteiger partial charge on any atom is 0.419 e. The number of benzene rings is 1. The van der Waals surface area contributed by atoms with Gasteiger partial charge in [-0.25, -0.2) is 14.4 Å². The molecule has 13 heteroatoms. The van der Waals surface area contributed by atoms with Crippen LogP contribution in [0.15, 0.2) is 42.6 Å². The van der Waals surface area contributed by atoms with Crippen LogP contribution in [0.25, 0.3) is 11.3 Å². The molecule has 206 valence electrons. The normalized spacial score (nSPS) is 17.0. The highest BCUT2D eigenvalue weighted by Crippen LogP contribution is 2.36. The Bertz CT molecular complexity index is 1360. The van der Waals surface area contributed by atoms with Crippen molar-refractivity contribution in [1.29, 1.82) is 0 Å². The first kappa shape index (κ1) is 26.9. The van der Waals surface area contributed by atoms with Gasteiger partial charge in [0.25, 0.3) is 0 Å². The first-order valence-corrected chi connectivity index (χ1v) is 12.8. The Labute approximate surface area is 226 Å². The Balaban J connectivity index is 1.42. The van der Waals surface area contributed by atoms with E-state index in [1.165, 1.54) is 24.4 Å². The summed E-state index contributed by atoms with van der Waals surface area (Å²) in [6, 6.07) is 8.33. The standard InChI is InChI=1S/C26H25ClF4N6O2/c27-19-14-17(3-4-20(19)28)21-15-22(34-25(33-21)37-8-5-16(6-9-37)24(38)39)35-10-12-36(13-11-35)23-18(26(29,30)31)2-1-7-32-23/h1-4,7,14-16H,5-6,8-13H2,(H,38,39). The molecule has 2 aromatic heterocycles. The van der Waals surface area contributed by atoms with Crippen LogP contribution in [0.2, 0.25) is 5.02 Å². The number of hydrogen-bond acceptors (Lipinski definition) is 7. The third-order valence-corrected chi connectivity index (χ3v) is 7.33. The van der Waals surface area contributed by atoms with Crippen molar-refractivity contribution in [3.63, 3.8) is 0 Å². The molecule has 2 saturated heterocycles. The second-order valence-electron chi connectivity index (χ2n) is 9.49. The number of nitrogens with zero attached hydrogens (tertiary/aromatic N) is 6. The number of aliphatic carboxylic acids is 1. The fourth-order valence-corrected chi connectivity index (χ4v) is 5.05. The number of rotatable bonds is 5. The third kappa shape index (κ3) is 5.85. The van der Waals surface area contributed by atoms with Gasteiger partial charge >= 0.3 is 12.1 Å². The molecule has 0 radical (unpaired) electrons. The molecule has 39 heavy (non-hydrogen) atoms. The number of halogens is 5. The summed E-state index contributed by atoms with van der Waals surface area (Å²) in [4.78, 5) is 30.3. The number of hydrogen-bond donors (Lipinski definition) is 1. The van der Waals surface area contributed by atoms with Gasteiger partial charge in [-0.2, -0.15) is 18.2 Å². The van der Waals surface area contributed by atoms with Gasteiger partial charge in [0.1, 0.15) is 17.5 Å². The quantitative estimate of drug-likeness (QED) is 0.435. The Kier molecular flexibility index (Phi) is 7.48. The first-order valence-electron chi connectivity index (χ1n) is 12.4. The minimum atomic E-state index is -4.51. The summed E-state index contributed by atoms with van der Waals surface area (Å²) in [5.41, 5.74) is 0.306. The molecule has 0 saturated carbocycles. The molecule has 3 aromatic rings. The van der Waals surface area contributed by atoms with Crippen molar-refractivity contribution in [2.75, 3.05) is 54.0 Å². The number of alkyl halides is 3. The van der Waals surface area contributed by atoms with Crippen LogP contribution < -0.4 is 14.7 Å². The van der Waals surface area contributed by atoms with Crippen LogP contribution in [0.4, 0.5) is 35.1 Å². The third-order valence-electron chi connectivity index (χ3n) is 7.04. The van der Waals surface area contributed by atoms with Crippen molar-refractivity contribution < 1.29 is 27.5 Å². The molecule has 2 aliphatic rings. The number of piperidine rings is 1. The molecule has 2 aliphatic heterocycles. The first-order chi connectivity index (χ1) is 18.6. The van der Waals surface area contributed by atoms with Gasteiger partial charge in [0, 0.05) is 57.1 Å². The van der Waals surface area contributed by atoms with Crippen LogP contribution in [0.5, 0.6) is 0 Å². The average Bonchev–Trinajstić information content (AvgIpc) is 2.94. The van der Waals surface area contributed by atoms with Crippen molar-refractivity contribution in [3.8, 4) is 11.3 Å². The molecule has 5 rings (SSSR count). The van der Waals surface area contributed by atoms with Gasteiger partial charge in [0.15, 0.2) is 0 Å². The summed E-state index contributed by atoms with van der Waals surface area (Å²) in [6.07, 6.45) is -2.27. The summed E-state index contributed by atoms with van der Waals surface area (Å²) in [5, 5.41) is 9.29. The Morgan fingerprint density at radius 2 is 1.64 bits per heavy atom. The number of pyridine rings is 1. The smallest absolute Gasteiger partial charge is 0.419 e. The number of piperazine rings is 1. The van der Waals surface area contributed by atoms with Crippen LogP contribution in [-0.4, -0.2) is 65.3 Å². The number of carboxylic acids is 1. The molecule has 0 amide bonds. The summed E-state index contributed by atoms with van der Waals surface area (Å²) < 4.78 is 54.4. The number of aromatic nitrogens is 3. The van der Waals surface area contributed by atoms with Gasteiger partial charge in [-0.15, -0.1) is 0 Å². The van der Waals surface area contributed by atoms with Gasteiger partial charge in [-0.3, -0.25) is 4.79 Å². The summed E-state index contributed by atoms with van der Waals surface area (Å²) in [6.45, 7) is 2.27. The zero-order valence-electron chi connectivity index (χ0n) is 20.7. The molecule has 1 N–H and O–H groups in total. The molecule has 0 atom stereocenters. The monoisotopic (exact) mass is 564 g/mol. The average molecular weight is 565 g/mol. The maximum atomic E-state index is 13.8. The van der Waals surface area contributed by atoms with E-state index in [2.05, 4.69) is 9.97 Å². The van der Waals surface area contributed by atoms with Gasteiger partial charge in [-0.05, 0) is 43.2 Å². The van der Waals surface area contributed by atoms with E-state index >= 15 is 0 Å². The second kappa shape index (κ2) is 10.8. The van der Waals surface area contributed by atoms with Crippen LogP contribution >= 0.6 is 11.6 Å². The van der Waals surface area contributed by atoms with E-state index < -0.39 is 29.4 Å². The summed E-state index contributed by atoms with van der Waals surface area (Å²) in [5.74, 6) is -0.956. The van der Waals surface area contributed by atoms with Gasteiger partial charge in [0.2, 0.25) is 5.95 Å². The predicted octanol–water partition coefficient (Wildman–Crippen LogP) is 4.98. The van der Waals surface area contributed by atoms with E-state index in [-0.39, 0.29) is 10.8 Å². The lowest BCUT2D eigenvalue weighted by atomic mass is 9.97. The fraction of sp³-hybridized carbons (Fsp3) is 0.385. The van der Waals surface area contributed by atoms with Crippen molar-refractivity contribution in [2.45, 2.75) is 19.0 Å². The lowest BCUT2D eigenvalue weighted by molar-refractivity contribution is -0.142. The Morgan fingerprint density at radius 3 is 2.28 bits per heavy atom. The second-order valence-corrected chi connectivity index (χ2v) is 9.89. The predicted molar refractivity (Wildman–Crippen MR) is 139 cm³/mol. The van der Waals surface area contributed by atoms with E-state index in [4.69, 9.17) is 16.6 Å². The molecule has 0 bridgehead atoms. The molecule has 0 unspecified atom stereocenters. The Hall–Kier alpha value is -3.67. The SMILES string of the molecule is O=C(O)C1CCN(c2nc(-c3ccc(F)c(Cl)c3)cc(N3CCN(c4ncccc4C(F)(F)F)CC3)n2)CC1. The number of carbonyl (C=O) groups is 1. The molecular formula is C26H25ClF4N6O2. The number of carboxylic acid groups (broad SMARTS) is 1. The minimum absolute atomic E-state index is 0.0547. The molecule has 8 nitrogen and oxygen atoms in total. The van der Waals surface area contributed by atoms with Crippen molar-refractivity contribution >= 4 is 35.2 Å². The number of anilines is 3. The van der Waals surface area contributed by atoms with Crippen molar-refractivity contribution in [3.05, 3.63) is 59.0 Å². The summed E-state index contributed by atoms with van der Waals surface area (Å²) in [7, 11) is 0. The van der Waals surface area contributed by atoms with Crippen LogP contribution in [-0.2, 0) is 11.0 Å². The van der Waals surface area contributed by atoms with Gasteiger partial charge in [0.05, 0.1) is 22.2 Å². The molecule has 0 aliphatic carbocycles. The lowest BCUT2D eigenvalue weighted by Crippen LogP contribution is -2.47. The van der Waals surface area contributed by atoms with Gasteiger partial charge in [-0.1, -0.05) is 11.6 Å². The van der Waals surface area contributed by atoms with E-state index in [1.807, 2.05) is 9.80 Å². The van der Waals surface area contributed by atoms with Crippen molar-refractivity contribution in [1.82, 2.24) is 15.0 Å². The highest BCUT2D eigenvalue weighted by molar-refractivity contribution is 6.31. The zero-order valence-corrected chi connectivity index (χ0v) is 21.5. The Morgan fingerprint density at radius 1 is 0.949 bits per heavy atom. The lowest BCUT2D eigenvalue weighted by Gasteiger charge is -2.37. The topological polar surface area (TPSA) is 85.7 Å². The largest absolute Gasteiger partial charge is 0.481 e. The molecule has 2 fully saturated rings. The van der Waals surface area contributed by atoms with Crippen LogP contribution in [0, 0.1) is 11.7 Å². The highest BCUT2D eigenvalue weighted by Gasteiger charge is 2.36. The molecule has 4 heterocycles. The van der Waals surface area contributed by atoms with E-state index in [0.717, 1.165) is 6.07 Å². The molecule has 0 spiro atoms. The molecule has 1 aromatic carbocycles. The van der Waals surface area contributed by atoms with Crippen LogP contribution in [0.3, 0.4) is 0 Å².